The molecule has 0 aliphatic heterocycles. The minimum atomic E-state index is -0.149. The van der Waals surface area contributed by atoms with Crippen LogP contribution in [-0.2, 0) is 19.3 Å². The van der Waals surface area contributed by atoms with Gasteiger partial charge in [-0.05, 0) is 60.5 Å². The highest BCUT2D eigenvalue weighted by molar-refractivity contribution is 5.36. The standard InChI is InChI=1S/C18H20FN/c19-18-7-2-1-6-17(18)16(12-20)11-13-8-9-14-4-3-5-15(14)10-13/h1-2,6-10,16H,3-5,11-12,20H2. The van der Waals surface area contributed by atoms with Crippen LogP contribution in [0.4, 0.5) is 4.39 Å². The van der Waals surface area contributed by atoms with Gasteiger partial charge in [0.05, 0.1) is 0 Å². The Labute approximate surface area is 119 Å². The average molecular weight is 269 g/mol. The van der Waals surface area contributed by atoms with Crippen molar-refractivity contribution in [3.8, 4) is 0 Å². The van der Waals surface area contributed by atoms with Gasteiger partial charge in [-0.1, -0.05) is 36.4 Å². The molecule has 2 heteroatoms. The quantitative estimate of drug-likeness (QED) is 0.901. The number of aryl methyl sites for hydroxylation is 2. The minimum absolute atomic E-state index is 0.0515. The molecule has 3 rings (SSSR count). The lowest BCUT2D eigenvalue weighted by atomic mass is 9.90. The molecule has 1 atom stereocenters. The first kappa shape index (κ1) is 13.3. The fourth-order valence-corrected chi connectivity index (χ4v) is 3.16. The van der Waals surface area contributed by atoms with Gasteiger partial charge in [-0.25, -0.2) is 4.39 Å². The zero-order valence-corrected chi connectivity index (χ0v) is 11.6. The first-order valence-corrected chi connectivity index (χ1v) is 7.33. The summed E-state index contributed by atoms with van der Waals surface area (Å²) in [6.07, 6.45) is 4.44. The molecule has 1 aliphatic rings. The van der Waals surface area contributed by atoms with Gasteiger partial charge in [0.2, 0.25) is 0 Å². The molecule has 0 amide bonds. The molecule has 2 aromatic carbocycles. The molecule has 0 bridgehead atoms. The summed E-state index contributed by atoms with van der Waals surface area (Å²) in [6, 6.07) is 13.7. The van der Waals surface area contributed by atoms with Crippen molar-refractivity contribution in [3.05, 3.63) is 70.5 Å². The summed E-state index contributed by atoms with van der Waals surface area (Å²) < 4.78 is 13.9. The Morgan fingerprint density at radius 1 is 1.05 bits per heavy atom. The molecule has 0 heterocycles. The average Bonchev–Trinajstić information content (AvgIpc) is 2.93. The van der Waals surface area contributed by atoms with Gasteiger partial charge in [0.1, 0.15) is 5.82 Å². The predicted molar refractivity (Wildman–Crippen MR) is 80.4 cm³/mol. The number of fused-ring (bicyclic) bond motifs is 1. The number of nitrogens with two attached hydrogens (primary N) is 1. The Balaban J connectivity index is 1.83. The molecule has 0 saturated heterocycles. The van der Waals surface area contributed by atoms with Gasteiger partial charge in [-0.3, -0.25) is 0 Å². The maximum Gasteiger partial charge on any atom is 0.126 e. The zero-order chi connectivity index (χ0) is 13.9. The van der Waals surface area contributed by atoms with Crippen LogP contribution in [0.2, 0.25) is 0 Å². The van der Waals surface area contributed by atoms with E-state index in [0.29, 0.717) is 6.54 Å². The number of rotatable bonds is 4. The van der Waals surface area contributed by atoms with Gasteiger partial charge in [0.15, 0.2) is 0 Å². The lowest BCUT2D eigenvalue weighted by molar-refractivity contribution is 0.575. The smallest absolute Gasteiger partial charge is 0.126 e. The fourth-order valence-electron chi connectivity index (χ4n) is 3.16. The maximum absolute atomic E-state index is 13.9. The number of hydrogen-bond donors (Lipinski definition) is 1. The third kappa shape index (κ3) is 2.61. The van der Waals surface area contributed by atoms with Gasteiger partial charge in [0, 0.05) is 5.92 Å². The molecule has 2 N–H and O–H groups in total. The van der Waals surface area contributed by atoms with E-state index in [4.69, 9.17) is 5.73 Å². The third-order valence-corrected chi connectivity index (χ3v) is 4.27. The van der Waals surface area contributed by atoms with Crippen LogP contribution in [0, 0.1) is 5.82 Å². The summed E-state index contributed by atoms with van der Waals surface area (Å²) in [7, 11) is 0. The van der Waals surface area contributed by atoms with Gasteiger partial charge < -0.3 is 5.73 Å². The van der Waals surface area contributed by atoms with Crippen LogP contribution in [0.5, 0.6) is 0 Å². The van der Waals surface area contributed by atoms with Gasteiger partial charge in [0.25, 0.3) is 0 Å². The molecule has 20 heavy (non-hydrogen) atoms. The van der Waals surface area contributed by atoms with E-state index in [9.17, 15) is 4.39 Å². The SMILES string of the molecule is NCC(Cc1ccc2c(c1)CCC2)c1ccccc1F. The van der Waals surface area contributed by atoms with E-state index < -0.39 is 0 Å². The molecule has 1 unspecified atom stereocenters. The Bertz CT molecular complexity index is 606. The Morgan fingerprint density at radius 3 is 2.65 bits per heavy atom. The van der Waals surface area contributed by atoms with Crippen molar-refractivity contribution in [3.63, 3.8) is 0 Å². The molecule has 0 spiro atoms. The Hall–Kier alpha value is -1.67. The van der Waals surface area contributed by atoms with Gasteiger partial charge in [-0.2, -0.15) is 0 Å². The molecule has 104 valence electrons. The van der Waals surface area contributed by atoms with E-state index in [1.807, 2.05) is 12.1 Å². The highest BCUT2D eigenvalue weighted by Crippen LogP contribution is 2.27. The van der Waals surface area contributed by atoms with Crippen molar-refractivity contribution < 1.29 is 4.39 Å². The van der Waals surface area contributed by atoms with Crippen LogP contribution in [0.1, 0.15) is 34.6 Å². The van der Waals surface area contributed by atoms with Crippen molar-refractivity contribution in [2.45, 2.75) is 31.6 Å². The third-order valence-electron chi connectivity index (χ3n) is 4.27. The highest BCUT2D eigenvalue weighted by Gasteiger charge is 2.16. The predicted octanol–water partition coefficient (Wildman–Crippen LogP) is 3.60. The van der Waals surface area contributed by atoms with Gasteiger partial charge in [-0.15, -0.1) is 0 Å². The molecule has 2 aromatic rings. The normalized spacial score (nSPS) is 15.1. The molecule has 1 nitrogen and oxygen atoms in total. The van der Waals surface area contributed by atoms with Crippen LogP contribution >= 0.6 is 0 Å². The topological polar surface area (TPSA) is 26.0 Å². The molecular weight excluding hydrogens is 249 g/mol. The van der Waals surface area contributed by atoms with E-state index in [1.54, 1.807) is 6.07 Å². The summed E-state index contributed by atoms with van der Waals surface area (Å²) >= 11 is 0. The molecule has 1 aliphatic carbocycles. The summed E-state index contributed by atoms with van der Waals surface area (Å²) in [5.41, 5.74) is 10.8. The number of hydrogen-bond acceptors (Lipinski definition) is 1. The lowest BCUT2D eigenvalue weighted by Crippen LogP contribution is -2.16. The molecule has 0 aromatic heterocycles. The number of halogens is 1. The van der Waals surface area contributed by atoms with E-state index in [2.05, 4.69) is 18.2 Å². The minimum Gasteiger partial charge on any atom is -0.330 e. The van der Waals surface area contributed by atoms with Crippen LogP contribution in [0.15, 0.2) is 42.5 Å². The molecule has 0 radical (unpaired) electrons. The van der Waals surface area contributed by atoms with Crippen molar-refractivity contribution in [2.24, 2.45) is 5.73 Å². The fraction of sp³-hybridized carbons (Fsp3) is 0.333. The van der Waals surface area contributed by atoms with Crippen LogP contribution in [0.3, 0.4) is 0 Å². The van der Waals surface area contributed by atoms with Gasteiger partial charge >= 0.3 is 0 Å². The Kier molecular flexibility index (Phi) is 3.83. The van der Waals surface area contributed by atoms with E-state index in [-0.39, 0.29) is 11.7 Å². The molecular formula is C18H20FN. The van der Waals surface area contributed by atoms with Crippen molar-refractivity contribution in [2.75, 3.05) is 6.54 Å². The van der Waals surface area contributed by atoms with Crippen molar-refractivity contribution >= 4 is 0 Å². The number of benzene rings is 2. The van der Waals surface area contributed by atoms with E-state index in [0.717, 1.165) is 12.0 Å². The molecule has 0 saturated carbocycles. The van der Waals surface area contributed by atoms with Crippen LogP contribution in [0.25, 0.3) is 0 Å². The second kappa shape index (κ2) is 5.76. The summed E-state index contributed by atoms with van der Waals surface area (Å²) in [6.45, 7) is 0.470. The second-order valence-electron chi connectivity index (χ2n) is 5.61. The Morgan fingerprint density at radius 2 is 1.85 bits per heavy atom. The highest BCUT2D eigenvalue weighted by atomic mass is 19.1. The summed E-state index contributed by atoms with van der Waals surface area (Å²) in [4.78, 5) is 0. The first-order chi connectivity index (χ1) is 9.78. The van der Waals surface area contributed by atoms with E-state index >= 15 is 0 Å². The monoisotopic (exact) mass is 269 g/mol. The maximum atomic E-state index is 13.9. The largest absolute Gasteiger partial charge is 0.330 e. The van der Waals surface area contributed by atoms with Crippen LogP contribution in [-0.4, -0.2) is 6.54 Å². The van der Waals surface area contributed by atoms with Crippen molar-refractivity contribution in [1.29, 1.82) is 0 Å². The molecule has 0 fully saturated rings. The van der Waals surface area contributed by atoms with E-state index in [1.165, 1.54) is 42.0 Å². The lowest BCUT2D eigenvalue weighted by Gasteiger charge is -2.16. The second-order valence-corrected chi connectivity index (χ2v) is 5.61. The summed E-state index contributed by atoms with van der Waals surface area (Å²) in [5, 5.41) is 0. The zero-order valence-electron chi connectivity index (χ0n) is 11.6. The van der Waals surface area contributed by atoms with Crippen molar-refractivity contribution in [1.82, 2.24) is 0 Å². The summed E-state index contributed by atoms with van der Waals surface area (Å²) in [5.74, 6) is -0.0974. The first-order valence-electron chi connectivity index (χ1n) is 7.33. The van der Waals surface area contributed by atoms with Crippen LogP contribution < -0.4 is 5.73 Å².